The quantitative estimate of drug-likeness (QED) is 0.621. The van der Waals surface area contributed by atoms with Crippen LogP contribution in [0.4, 0.5) is 10.5 Å². The fourth-order valence-electron chi connectivity index (χ4n) is 2.18. The monoisotopic (exact) mass is 373 g/mol. The largest absolute Gasteiger partial charge is 0.442 e. The van der Waals surface area contributed by atoms with Crippen molar-refractivity contribution >= 4 is 35.4 Å². The number of rotatable bonds is 2. The van der Waals surface area contributed by atoms with Crippen molar-refractivity contribution in [2.75, 3.05) is 4.90 Å². The van der Waals surface area contributed by atoms with Gasteiger partial charge in [-0.25, -0.2) is 9.69 Å². The van der Waals surface area contributed by atoms with E-state index in [1.807, 2.05) is 0 Å². The van der Waals surface area contributed by atoms with Crippen molar-refractivity contribution < 1.29 is 28.7 Å². The van der Waals surface area contributed by atoms with Crippen molar-refractivity contribution in [3.63, 3.8) is 0 Å². The SMILES string of the molecule is CC(=O)NN(C(=O)OC(C)(C)C)C(=O)c1ccc(N2C(=O)C=CC2=O)cc1. The average molecular weight is 373 g/mol. The summed E-state index contributed by atoms with van der Waals surface area (Å²) in [5.74, 6) is -2.45. The second-order valence-electron chi connectivity index (χ2n) is 6.68. The van der Waals surface area contributed by atoms with Crippen LogP contribution in [-0.4, -0.2) is 40.3 Å². The first-order chi connectivity index (χ1) is 12.5. The molecule has 2 rings (SSSR count). The van der Waals surface area contributed by atoms with Crippen LogP contribution < -0.4 is 10.3 Å². The van der Waals surface area contributed by atoms with Gasteiger partial charge in [-0.1, -0.05) is 0 Å². The lowest BCUT2D eigenvalue weighted by Gasteiger charge is -2.26. The summed E-state index contributed by atoms with van der Waals surface area (Å²) >= 11 is 0. The molecule has 0 aliphatic carbocycles. The van der Waals surface area contributed by atoms with Gasteiger partial charge in [0.15, 0.2) is 0 Å². The molecule has 0 aromatic heterocycles. The molecule has 1 N–H and O–H groups in total. The molecule has 1 heterocycles. The molecule has 1 aliphatic rings. The van der Waals surface area contributed by atoms with Crippen molar-refractivity contribution in [1.82, 2.24) is 10.4 Å². The Balaban J connectivity index is 2.24. The Bertz CT molecular complexity index is 818. The van der Waals surface area contributed by atoms with Crippen LogP contribution in [0.15, 0.2) is 36.4 Å². The molecular weight excluding hydrogens is 354 g/mol. The third-order valence-electron chi connectivity index (χ3n) is 3.23. The maximum atomic E-state index is 12.6. The lowest BCUT2D eigenvalue weighted by molar-refractivity contribution is -0.123. The maximum absolute atomic E-state index is 12.6. The average Bonchev–Trinajstić information content (AvgIpc) is 2.89. The minimum absolute atomic E-state index is 0.0467. The highest BCUT2D eigenvalue weighted by Crippen LogP contribution is 2.20. The van der Waals surface area contributed by atoms with Crippen molar-refractivity contribution in [2.24, 2.45) is 0 Å². The molecule has 142 valence electrons. The topological polar surface area (TPSA) is 113 Å². The highest BCUT2D eigenvalue weighted by Gasteiger charge is 2.30. The number of ether oxygens (including phenoxy) is 1. The first-order valence-electron chi connectivity index (χ1n) is 8.00. The molecule has 5 amide bonds. The third kappa shape index (κ3) is 4.78. The van der Waals surface area contributed by atoms with E-state index >= 15 is 0 Å². The summed E-state index contributed by atoms with van der Waals surface area (Å²) in [6.07, 6.45) is 1.24. The predicted octanol–water partition coefficient (Wildman–Crippen LogP) is 1.54. The Morgan fingerprint density at radius 2 is 1.52 bits per heavy atom. The molecule has 0 spiro atoms. The minimum Gasteiger partial charge on any atom is -0.442 e. The van der Waals surface area contributed by atoms with Crippen LogP contribution in [0.2, 0.25) is 0 Å². The molecule has 1 aromatic carbocycles. The summed E-state index contributed by atoms with van der Waals surface area (Å²) in [6.45, 7) is 6.00. The van der Waals surface area contributed by atoms with Gasteiger partial charge in [-0.3, -0.25) is 24.6 Å². The smallest absolute Gasteiger partial charge is 0.436 e. The van der Waals surface area contributed by atoms with Crippen LogP contribution >= 0.6 is 0 Å². The van der Waals surface area contributed by atoms with Gasteiger partial charge in [0.05, 0.1) is 5.69 Å². The first kappa shape index (κ1) is 19.8. The number of hydrogen-bond acceptors (Lipinski definition) is 6. The van der Waals surface area contributed by atoms with Crippen molar-refractivity contribution in [3.8, 4) is 0 Å². The normalized spacial score (nSPS) is 13.6. The van der Waals surface area contributed by atoms with Crippen LogP contribution in [-0.2, 0) is 19.1 Å². The fraction of sp³-hybridized carbons (Fsp3) is 0.278. The number of benzene rings is 1. The number of amides is 5. The fourth-order valence-corrected chi connectivity index (χ4v) is 2.18. The van der Waals surface area contributed by atoms with Crippen molar-refractivity contribution in [2.45, 2.75) is 33.3 Å². The zero-order valence-corrected chi connectivity index (χ0v) is 15.3. The summed E-state index contributed by atoms with van der Waals surface area (Å²) in [6, 6.07) is 5.43. The van der Waals surface area contributed by atoms with E-state index in [1.54, 1.807) is 20.8 Å². The van der Waals surface area contributed by atoms with Crippen LogP contribution in [0.25, 0.3) is 0 Å². The number of hydrogen-bond donors (Lipinski definition) is 1. The number of carbonyl (C=O) groups excluding carboxylic acids is 5. The van der Waals surface area contributed by atoms with Crippen molar-refractivity contribution in [3.05, 3.63) is 42.0 Å². The molecule has 1 aromatic rings. The van der Waals surface area contributed by atoms with Gasteiger partial charge in [0, 0.05) is 24.6 Å². The molecule has 0 saturated heterocycles. The molecule has 0 radical (unpaired) electrons. The van der Waals surface area contributed by atoms with E-state index in [-0.39, 0.29) is 11.3 Å². The molecule has 0 fully saturated rings. The van der Waals surface area contributed by atoms with Crippen LogP contribution in [0.3, 0.4) is 0 Å². The molecule has 27 heavy (non-hydrogen) atoms. The van der Waals surface area contributed by atoms with E-state index in [0.29, 0.717) is 5.01 Å². The van der Waals surface area contributed by atoms with E-state index in [9.17, 15) is 24.0 Å². The molecule has 9 nitrogen and oxygen atoms in total. The summed E-state index contributed by atoms with van der Waals surface area (Å²) in [4.78, 5) is 60.5. The summed E-state index contributed by atoms with van der Waals surface area (Å²) in [7, 11) is 0. The van der Waals surface area contributed by atoms with E-state index < -0.39 is 35.3 Å². The zero-order chi connectivity index (χ0) is 20.4. The van der Waals surface area contributed by atoms with E-state index in [2.05, 4.69) is 5.43 Å². The van der Waals surface area contributed by atoms with Crippen LogP contribution in [0, 0.1) is 0 Å². The molecule has 0 unspecified atom stereocenters. The Hall–Kier alpha value is -3.49. The maximum Gasteiger partial charge on any atom is 0.436 e. The first-order valence-corrected chi connectivity index (χ1v) is 8.00. The Morgan fingerprint density at radius 1 is 1.00 bits per heavy atom. The van der Waals surface area contributed by atoms with Gasteiger partial charge < -0.3 is 4.74 Å². The summed E-state index contributed by atoms with van der Waals surface area (Å²) < 4.78 is 5.12. The van der Waals surface area contributed by atoms with Crippen LogP contribution in [0.5, 0.6) is 0 Å². The highest BCUT2D eigenvalue weighted by molar-refractivity contribution is 6.28. The number of nitrogens with one attached hydrogen (secondary N) is 1. The number of carbonyl (C=O) groups is 5. The van der Waals surface area contributed by atoms with Gasteiger partial charge in [0.1, 0.15) is 5.60 Å². The number of hydrazine groups is 1. The van der Waals surface area contributed by atoms with Gasteiger partial charge in [-0.15, -0.1) is 5.01 Å². The van der Waals surface area contributed by atoms with Gasteiger partial charge >= 0.3 is 6.09 Å². The Kier molecular flexibility index (Phi) is 5.44. The van der Waals surface area contributed by atoms with Crippen molar-refractivity contribution in [1.29, 1.82) is 0 Å². The second-order valence-corrected chi connectivity index (χ2v) is 6.68. The van der Waals surface area contributed by atoms with Gasteiger partial charge in [-0.2, -0.15) is 0 Å². The number of imide groups is 2. The molecule has 0 saturated carbocycles. The standard InChI is InChI=1S/C18H19N3O6/c1-11(22)19-21(17(26)27-18(2,3)4)16(25)12-5-7-13(8-6-12)20-14(23)9-10-15(20)24/h5-10H,1-4H3,(H,19,22). The predicted molar refractivity (Wildman–Crippen MR) is 94.3 cm³/mol. The molecule has 9 heteroatoms. The second kappa shape index (κ2) is 7.40. The summed E-state index contributed by atoms with van der Waals surface area (Å²) in [5, 5.41) is 0.469. The lowest BCUT2D eigenvalue weighted by Crippen LogP contribution is -2.50. The molecule has 0 bridgehead atoms. The molecule has 0 atom stereocenters. The Labute approximate surface area is 155 Å². The molecule has 1 aliphatic heterocycles. The summed E-state index contributed by atoms with van der Waals surface area (Å²) in [5.41, 5.74) is 1.57. The van der Waals surface area contributed by atoms with E-state index in [0.717, 1.165) is 24.0 Å². The lowest BCUT2D eigenvalue weighted by atomic mass is 10.1. The van der Waals surface area contributed by atoms with Crippen LogP contribution in [0.1, 0.15) is 38.1 Å². The van der Waals surface area contributed by atoms with Gasteiger partial charge in [0.25, 0.3) is 17.7 Å². The zero-order valence-electron chi connectivity index (χ0n) is 15.3. The number of nitrogens with zero attached hydrogens (tertiary/aromatic N) is 2. The van der Waals surface area contributed by atoms with E-state index in [1.165, 1.54) is 24.3 Å². The van der Waals surface area contributed by atoms with Gasteiger partial charge in [0.2, 0.25) is 5.91 Å². The third-order valence-corrected chi connectivity index (χ3v) is 3.23. The highest BCUT2D eigenvalue weighted by atomic mass is 16.6. The number of anilines is 1. The molecular formula is C18H19N3O6. The van der Waals surface area contributed by atoms with E-state index in [4.69, 9.17) is 4.74 Å². The van der Waals surface area contributed by atoms with Gasteiger partial charge in [-0.05, 0) is 45.0 Å². The Morgan fingerprint density at radius 3 is 1.96 bits per heavy atom. The minimum atomic E-state index is -1.04.